The Hall–Kier alpha value is -3.15. The summed E-state index contributed by atoms with van der Waals surface area (Å²) in [4.78, 5) is 36.6. The smallest absolute Gasteiger partial charge is 0.328 e. The van der Waals surface area contributed by atoms with Gasteiger partial charge in [0.25, 0.3) is 11.8 Å². The van der Waals surface area contributed by atoms with E-state index in [4.69, 9.17) is 4.74 Å². The Kier molecular flexibility index (Phi) is 6.65. The zero-order valence-corrected chi connectivity index (χ0v) is 16.7. The number of aryl methyl sites for hydroxylation is 2. The zero-order valence-electron chi connectivity index (χ0n) is 16.7. The molecule has 2 aromatic rings. The van der Waals surface area contributed by atoms with Gasteiger partial charge in [0.15, 0.2) is 6.61 Å². The van der Waals surface area contributed by atoms with Crippen LogP contribution in [0.3, 0.4) is 0 Å². The highest BCUT2D eigenvalue weighted by Crippen LogP contribution is 2.29. The Morgan fingerprint density at radius 2 is 1.93 bits per heavy atom. The Bertz CT molecular complexity index is 909. The molecule has 1 aliphatic carbocycles. The van der Waals surface area contributed by atoms with E-state index in [9.17, 15) is 14.4 Å². The molecule has 152 valence electrons. The first-order valence-electron chi connectivity index (χ1n) is 9.85. The van der Waals surface area contributed by atoms with Gasteiger partial charge in [0.2, 0.25) is 0 Å². The molecule has 0 aromatic heterocycles. The normalized spacial score (nSPS) is 16.3. The molecule has 2 aromatic carbocycles. The molecule has 2 N–H and O–H groups in total. The third kappa shape index (κ3) is 5.44. The van der Waals surface area contributed by atoms with E-state index in [1.807, 2.05) is 31.2 Å². The van der Waals surface area contributed by atoms with Crippen molar-refractivity contribution in [3.8, 4) is 0 Å². The summed E-state index contributed by atoms with van der Waals surface area (Å²) in [6.45, 7) is 3.05. The number of nitrogens with one attached hydrogen (secondary N) is 2. The number of rotatable bonds is 6. The van der Waals surface area contributed by atoms with E-state index in [2.05, 4.69) is 16.7 Å². The lowest BCUT2D eigenvalue weighted by Crippen LogP contribution is -2.41. The van der Waals surface area contributed by atoms with Crippen molar-refractivity contribution in [2.24, 2.45) is 0 Å². The summed E-state index contributed by atoms with van der Waals surface area (Å²) in [6.07, 6.45) is 2.87. The van der Waals surface area contributed by atoms with Gasteiger partial charge in [0, 0.05) is 5.56 Å². The van der Waals surface area contributed by atoms with Crippen molar-refractivity contribution < 1.29 is 19.1 Å². The highest BCUT2D eigenvalue weighted by Gasteiger charge is 2.23. The lowest BCUT2D eigenvalue weighted by Gasteiger charge is -2.26. The van der Waals surface area contributed by atoms with E-state index in [-0.39, 0.29) is 24.5 Å². The second-order valence-corrected chi connectivity index (χ2v) is 7.38. The van der Waals surface area contributed by atoms with Gasteiger partial charge in [0.1, 0.15) is 6.04 Å². The van der Waals surface area contributed by atoms with Crippen LogP contribution in [-0.4, -0.2) is 30.4 Å². The SMILES string of the molecule is Cc1cccc(C(=O)N[C@@H](C)C(=O)OCC(=O)N[C@H]2CCCc3ccccc32)c1. The van der Waals surface area contributed by atoms with Crippen molar-refractivity contribution in [3.05, 3.63) is 70.8 Å². The van der Waals surface area contributed by atoms with Crippen LogP contribution >= 0.6 is 0 Å². The standard InChI is InChI=1S/C23H26N2O4/c1-15-7-5-10-18(13-15)22(27)24-16(2)23(28)29-14-21(26)25-20-12-6-9-17-8-3-4-11-19(17)20/h3-5,7-8,10-11,13,16,20H,6,9,12,14H2,1-2H3,(H,24,27)(H,25,26)/t16-,20-/m0/s1. The van der Waals surface area contributed by atoms with Crippen LogP contribution in [0.2, 0.25) is 0 Å². The predicted octanol–water partition coefficient (Wildman–Crippen LogP) is 2.85. The van der Waals surface area contributed by atoms with E-state index >= 15 is 0 Å². The van der Waals surface area contributed by atoms with Crippen LogP contribution in [0, 0.1) is 6.92 Å². The molecular weight excluding hydrogens is 368 g/mol. The molecule has 6 heteroatoms. The van der Waals surface area contributed by atoms with Gasteiger partial charge in [-0.15, -0.1) is 0 Å². The van der Waals surface area contributed by atoms with Crippen molar-refractivity contribution in [3.63, 3.8) is 0 Å². The van der Waals surface area contributed by atoms with Crippen molar-refractivity contribution in [2.75, 3.05) is 6.61 Å². The number of carbonyl (C=O) groups excluding carboxylic acids is 3. The number of ether oxygens (including phenoxy) is 1. The predicted molar refractivity (Wildman–Crippen MR) is 109 cm³/mol. The van der Waals surface area contributed by atoms with Gasteiger partial charge < -0.3 is 15.4 Å². The number of carbonyl (C=O) groups is 3. The van der Waals surface area contributed by atoms with Gasteiger partial charge in [-0.1, -0.05) is 42.0 Å². The number of benzene rings is 2. The van der Waals surface area contributed by atoms with Crippen LogP contribution in [-0.2, 0) is 20.7 Å². The molecule has 6 nitrogen and oxygen atoms in total. The highest BCUT2D eigenvalue weighted by atomic mass is 16.5. The molecule has 0 unspecified atom stereocenters. The highest BCUT2D eigenvalue weighted by molar-refractivity contribution is 5.97. The largest absolute Gasteiger partial charge is 0.454 e. The molecule has 0 radical (unpaired) electrons. The molecule has 29 heavy (non-hydrogen) atoms. The first kappa shape index (κ1) is 20.6. The maximum Gasteiger partial charge on any atom is 0.328 e. The first-order chi connectivity index (χ1) is 13.9. The Labute approximate surface area is 170 Å². The summed E-state index contributed by atoms with van der Waals surface area (Å²) in [5, 5.41) is 5.53. The molecule has 2 atom stereocenters. The molecule has 0 aliphatic heterocycles. The fraction of sp³-hybridized carbons (Fsp3) is 0.348. The van der Waals surface area contributed by atoms with Crippen molar-refractivity contribution in [2.45, 2.75) is 45.2 Å². The third-order valence-electron chi connectivity index (χ3n) is 5.03. The summed E-state index contributed by atoms with van der Waals surface area (Å²) in [7, 11) is 0. The molecule has 0 bridgehead atoms. The van der Waals surface area contributed by atoms with Gasteiger partial charge in [-0.3, -0.25) is 9.59 Å². The topological polar surface area (TPSA) is 84.5 Å². The second-order valence-electron chi connectivity index (χ2n) is 7.38. The number of hydrogen-bond acceptors (Lipinski definition) is 4. The summed E-state index contributed by atoms with van der Waals surface area (Å²) in [5.41, 5.74) is 3.79. The summed E-state index contributed by atoms with van der Waals surface area (Å²) in [5.74, 6) is -1.36. The zero-order chi connectivity index (χ0) is 20.8. The summed E-state index contributed by atoms with van der Waals surface area (Å²) >= 11 is 0. The third-order valence-corrected chi connectivity index (χ3v) is 5.03. The van der Waals surface area contributed by atoms with Crippen LogP contribution in [0.4, 0.5) is 0 Å². The van der Waals surface area contributed by atoms with Crippen LogP contribution in [0.5, 0.6) is 0 Å². The Morgan fingerprint density at radius 1 is 1.14 bits per heavy atom. The van der Waals surface area contributed by atoms with Crippen molar-refractivity contribution in [1.82, 2.24) is 10.6 Å². The molecule has 0 spiro atoms. The fourth-order valence-corrected chi connectivity index (χ4v) is 3.53. The van der Waals surface area contributed by atoms with E-state index in [1.54, 1.807) is 18.2 Å². The molecule has 0 heterocycles. The molecule has 0 saturated heterocycles. The minimum atomic E-state index is -0.855. The first-order valence-corrected chi connectivity index (χ1v) is 9.85. The van der Waals surface area contributed by atoms with Crippen LogP contribution in [0.1, 0.15) is 52.9 Å². The van der Waals surface area contributed by atoms with Gasteiger partial charge in [0.05, 0.1) is 6.04 Å². The molecule has 0 saturated carbocycles. The molecule has 3 rings (SSSR count). The number of esters is 1. The number of fused-ring (bicyclic) bond motifs is 1. The van der Waals surface area contributed by atoms with E-state index in [0.29, 0.717) is 5.56 Å². The minimum Gasteiger partial charge on any atom is -0.454 e. The van der Waals surface area contributed by atoms with E-state index in [0.717, 1.165) is 30.4 Å². The van der Waals surface area contributed by atoms with Crippen molar-refractivity contribution in [1.29, 1.82) is 0 Å². The van der Waals surface area contributed by atoms with Gasteiger partial charge in [-0.05, 0) is 56.4 Å². The Morgan fingerprint density at radius 3 is 2.72 bits per heavy atom. The quantitative estimate of drug-likeness (QED) is 0.738. The van der Waals surface area contributed by atoms with Gasteiger partial charge in [-0.25, -0.2) is 4.79 Å². The van der Waals surface area contributed by atoms with E-state index in [1.165, 1.54) is 12.5 Å². The Balaban J connectivity index is 1.47. The average molecular weight is 394 g/mol. The minimum absolute atomic E-state index is 0.0652. The van der Waals surface area contributed by atoms with Crippen LogP contribution in [0.15, 0.2) is 48.5 Å². The number of amides is 2. The van der Waals surface area contributed by atoms with Gasteiger partial charge >= 0.3 is 5.97 Å². The summed E-state index contributed by atoms with van der Waals surface area (Å²) in [6, 6.07) is 14.2. The molecule has 2 amide bonds. The molecular formula is C23H26N2O4. The van der Waals surface area contributed by atoms with Crippen LogP contribution < -0.4 is 10.6 Å². The average Bonchev–Trinajstić information content (AvgIpc) is 2.72. The number of hydrogen-bond donors (Lipinski definition) is 2. The van der Waals surface area contributed by atoms with Crippen molar-refractivity contribution >= 4 is 17.8 Å². The summed E-state index contributed by atoms with van der Waals surface area (Å²) < 4.78 is 5.09. The van der Waals surface area contributed by atoms with E-state index < -0.39 is 12.0 Å². The molecule has 0 fully saturated rings. The molecule has 1 aliphatic rings. The lowest BCUT2D eigenvalue weighted by atomic mass is 9.88. The van der Waals surface area contributed by atoms with Crippen LogP contribution in [0.25, 0.3) is 0 Å². The fourth-order valence-electron chi connectivity index (χ4n) is 3.53. The maximum absolute atomic E-state index is 12.3. The second kappa shape index (κ2) is 9.37. The lowest BCUT2D eigenvalue weighted by molar-refractivity contribution is -0.150. The van der Waals surface area contributed by atoms with Gasteiger partial charge in [-0.2, -0.15) is 0 Å². The maximum atomic E-state index is 12.3. The monoisotopic (exact) mass is 394 g/mol.